The number of likely N-dealkylation sites (N-methyl/N-ethyl adjacent to an activating group) is 1. The smallest absolute Gasteiger partial charge is 0.144 e. The van der Waals surface area contributed by atoms with Gasteiger partial charge in [-0.05, 0) is 19.2 Å². The summed E-state index contributed by atoms with van der Waals surface area (Å²) in [5, 5.41) is 6.32. The number of nitrogens with one attached hydrogen (secondary N) is 2. The number of nitrogens with zero attached hydrogens (tertiary/aromatic N) is 4. The van der Waals surface area contributed by atoms with Crippen LogP contribution in [0.1, 0.15) is 0 Å². The van der Waals surface area contributed by atoms with Gasteiger partial charge in [0.2, 0.25) is 0 Å². The number of aromatic nitrogens is 2. The van der Waals surface area contributed by atoms with Gasteiger partial charge in [-0.3, -0.25) is 0 Å². The third kappa shape index (κ3) is 2.82. The van der Waals surface area contributed by atoms with Crippen LogP contribution in [0.5, 0.6) is 5.75 Å². The molecule has 2 aromatic rings. The fourth-order valence-corrected chi connectivity index (χ4v) is 3.31. The lowest BCUT2D eigenvalue weighted by Crippen LogP contribution is -2.56. The molecule has 1 unspecified atom stereocenters. The van der Waals surface area contributed by atoms with E-state index in [1.54, 1.807) is 0 Å². The minimum absolute atomic E-state index is 0.440. The highest BCUT2D eigenvalue weighted by molar-refractivity contribution is 5.69. The predicted molar refractivity (Wildman–Crippen MR) is 95.4 cm³/mol. The number of fused-ring (bicyclic) bond motifs is 3. The van der Waals surface area contributed by atoms with Gasteiger partial charge in [0.05, 0.1) is 11.7 Å². The van der Waals surface area contributed by atoms with Crippen LogP contribution in [0.3, 0.4) is 0 Å². The van der Waals surface area contributed by atoms with Gasteiger partial charge in [0.25, 0.3) is 0 Å². The molecule has 2 aliphatic heterocycles. The molecule has 4 rings (SSSR count). The fourth-order valence-electron chi connectivity index (χ4n) is 3.31. The van der Waals surface area contributed by atoms with Crippen molar-refractivity contribution in [1.82, 2.24) is 14.9 Å². The lowest BCUT2D eigenvalue weighted by atomic mass is 10.1. The number of piperazine rings is 1. The van der Waals surface area contributed by atoms with E-state index in [-0.39, 0.29) is 0 Å². The van der Waals surface area contributed by atoms with Crippen LogP contribution in [-0.4, -0.2) is 61.2 Å². The first-order valence-corrected chi connectivity index (χ1v) is 8.22. The zero-order chi connectivity index (χ0) is 16.5. The quantitative estimate of drug-likeness (QED) is 0.891. The van der Waals surface area contributed by atoms with Gasteiger partial charge >= 0.3 is 0 Å². The molecule has 7 nitrogen and oxygen atoms in total. The Balaban J connectivity index is 1.56. The molecule has 2 N–H and O–H groups in total. The van der Waals surface area contributed by atoms with E-state index in [9.17, 15) is 0 Å². The maximum Gasteiger partial charge on any atom is 0.144 e. The molecule has 1 fully saturated rings. The van der Waals surface area contributed by atoms with Crippen LogP contribution in [0, 0.1) is 0 Å². The van der Waals surface area contributed by atoms with Crippen molar-refractivity contribution in [1.29, 1.82) is 0 Å². The second-order valence-electron chi connectivity index (χ2n) is 6.27. The molecule has 0 saturated carbocycles. The Bertz CT molecular complexity index is 737. The Morgan fingerprint density at radius 1 is 1.17 bits per heavy atom. The SMILES string of the molecule is CNc1cc(Nc2ccc3c(c2)OCC2CN(C)CCN32)ncn1. The Labute approximate surface area is 141 Å². The lowest BCUT2D eigenvalue weighted by Gasteiger charge is -2.44. The van der Waals surface area contributed by atoms with Crippen molar-refractivity contribution >= 4 is 23.0 Å². The van der Waals surface area contributed by atoms with Crippen LogP contribution >= 0.6 is 0 Å². The van der Waals surface area contributed by atoms with E-state index in [2.05, 4.69) is 49.6 Å². The highest BCUT2D eigenvalue weighted by atomic mass is 16.5. The summed E-state index contributed by atoms with van der Waals surface area (Å²) in [6.45, 7) is 3.91. The number of rotatable bonds is 3. The van der Waals surface area contributed by atoms with Gasteiger partial charge < -0.3 is 25.2 Å². The van der Waals surface area contributed by atoms with E-state index in [1.165, 1.54) is 12.0 Å². The molecule has 2 aliphatic rings. The zero-order valence-electron chi connectivity index (χ0n) is 14.0. The third-order valence-electron chi connectivity index (χ3n) is 4.58. The van der Waals surface area contributed by atoms with Crippen LogP contribution in [0.15, 0.2) is 30.6 Å². The number of benzene rings is 1. The average Bonchev–Trinajstić information content (AvgIpc) is 2.61. The van der Waals surface area contributed by atoms with Crippen molar-refractivity contribution in [3.8, 4) is 5.75 Å². The zero-order valence-corrected chi connectivity index (χ0v) is 14.0. The molecular weight excluding hydrogens is 304 g/mol. The molecule has 126 valence electrons. The predicted octanol–water partition coefficient (Wildman–Crippen LogP) is 1.77. The van der Waals surface area contributed by atoms with Crippen LogP contribution < -0.4 is 20.3 Å². The molecule has 0 amide bonds. The second kappa shape index (κ2) is 6.16. The summed E-state index contributed by atoms with van der Waals surface area (Å²) >= 11 is 0. The van der Waals surface area contributed by atoms with Gasteiger partial charge in [-0.25, -0.2) is 9.97 Å². The minimum atomic E-state index is 0.440. The largest absolute Gasteiger partial charge is 0.489 e. The summed E-state index contributed by atoms with van der Waals surface area (Å²) in [6.07, 6.45) is 1.54. The van der Waals surface area contributed by atoms with Gasteiger partial charge in [0.1, 0.15) is 30.3 Å². The first kappa shape index (κ1) is 15.0. The maximum absolute atomic E-state index is 6.01. The molecule has 0 spiro atoms. The van der Waals surface area contributed by atoms with Crippen molar-refractivity contribution in [2.24, 2.45) is 0 Å². The molecule has 1 atom stereocenters. The molecular formula is C17H22N6O. The van der Waals surface area contributed by atoms with Crippen LogP contribution in [-0.2, 0) is 0 Å². The maximum atomic E-state index is 6.01. The number of hydrogen-bond donors (Lipinski definition) is 2. The van der Waals surface area contributed by atoms with Gasteiger partial charge in [-0.15, -0.1) is 0 Å². The van der Waals surface area contributed by atoms with Crippen molar-refractivity contribution in [2.45, 2.75) is 6.04 Å². The van der Waals surface area contributed by atoms with Gasteiger partial charge in [0, 0.05) is 44.5 Å². The first-order valence-electron chi connectivity index (χ1n) is 8.22. The molecule has 0 bridgehead atoms. The third-order valence-corrected chi connectivity index (χ3v) is 4.58. The van der Waals surface area contributed by atoms with Crippen molar-refractivity contribution in [3.63, 3.8) is 0 Å². The van der Waals surface area contributed by atoms with E-state index in [0.29, 0.717) is 6.04 Å². The lowest BCUT2D eigenvalue weighted by molar-refractivity contribution is 0.188. The molecule has 0 aliphatic carbocycles. The van der Waals surface area contributed by atoms with Crippen LogP contribution in [0.4, 0.5) is 23.0 Å². The van der Waals surface area contributed by atoms with E-state index >= 15 is 0 Å². The minimum Gasteiger partial charge on any atom is -0.489 e. The highest BCUT2D eigenvalue weighted by Crippen LogP contribution is 2.37. The normalized spacial score (nSPS) is 19.9. The second-order valence-corrected chi connectivity index (χ2v) is 6.27. The molecule has 1 aromatic carbocycles. The molecule has 24 heavy (non-hydrogen) atoms. The van der Waals surface area contributed by atoms with E-state index in [4.69, 9.17) is 4.74 Å². The first-order chi connectivity index (χ1) is 11.7. The van der Waals surface area contributed by atoms with Crippen molar-refractivity contribution < 1.29 is 4.74 Å². The summed E-state index contributed by atoms with van der Waals surface area (Å²) in [4.78, 5) is 13.2. The summed E-state index contributed by atoms with van der Waals surface area (Å²) < 4.78 is 6.01. The monoisotopic (exact) mass is 326 g/mol. The summed E-state index contributed by atoms with van der Waals surface area (Å²) in [5.41, 5.74) is 2.14. The molecule has 3 heterocycles. The van der Waals surface area contributed by atoms with E-state index < -0.39 is 0 Å². The number of hydrogen-bond acceptors (Lipinski definition) is 7. The summed E-state index contributed by atoms with van der Waals surface area (Å²) in [7, 11) is 4.01. The molecule has 0 radical (unpaired) electrons. The van der Waals surface area contributed by atoms with Crippen LogP contribution in [0.25, 0.3) is 0 Å². The van der Waals surface area contributed by atoms with E-state index in [0.717, 1.165) is 49.3 Å². The Hall–Kier alpha value is -2.54. The van der Waals surface area contributed by atoms with Gasteiger partial charge in [-0.1, -0.05) is 0 Å². The Kier molecular flexibility index (Phi) is 3.86. The number of anilines is 4. The highest BCUT2D eigenvalue weighted by Gasteiger charge is 2.31. The van der Waals surface area contributed by atoms with Gasteiger partial charge in [-0.2, -0.15) is 0 Å². The van der Waals surface area contributed by atoms with Crippen molar-refractivity contribution in [3.05, 3.63) is 30.6 Å². The van der Waals surface area contributed by atoms with E-state index in [1.807, 2.05) is 19.2 Å². The topological polar surface area (TPSA) is 65.6 Å². The fraction of sp³-hybridized carbons (Fsp3) is 0.412. The number of ether oxygens (including phenoxy) is 1. The average molecular weight is 326 g/mol. The standard InChI is InChI=1S/C17H22N6O/c1-18-16-8-17(20-11-19-16)21-12-3-4-14-15(7-12)24-10-13-9-22(2)5-6-23(13)14/h3-4,7-8,11,13H,5-6,9-10H2,1-2H3,(H2,18,19,20,21). The van der Waals surface area contributed by atoms with Crippen LogP contribution in [0.2, 0.25) is 0 Å². The van der Waals surface area contributed by atoms with Crippen molar-refractivity contribution in [2.75, 3.05) is 55.9 Å². The summed E-state index contributed by atoms with van der Waals surface area (Å²) in [6, 6.07) is 8.57. The summed E-state index contributed by atoms with van der Waals surface area (Å²) in [5.74, 6) is 2.47. The molecule has 1 aromatic heterocycles. The Morgan fingerprint density at radius 3 is 2.92 bits per heavy atom. The molecule has 7 heteroatoms. The molecule has 1 saturated heterocycles. The Morgan fingerprint density at radius 2 is 2.04 bits per heavy atom. The van der Waals surface area contributed by atoms with Gasteiger partial charge in [0.15, 0.2) is 0 Å².